The zero-order valence-electron chi connectivity index (χ0n) is 11.2. The Morgan fingerprint density at radius 1 is 1.15 bits per heavy atom. The summed E-state index contributed by atoms with van der Waals surface area (Å²) < 4.78 is 5.11. The number of carbonyl (C=O) groups excluding carboxylic acids is 1. The lowest BCUT2D eigenvalue weighted by Crippen LogP contribution is -2.22. The Bertz CT molecular complexity index is 599. The first-order valence-electron chi connectivity index (χ1n) is 6.29. The van der Waals surface area contributed by atoms with Crippen LogP contribution in [-0.2, 0) is 11.9 Å². The molecule has 0 fully saturated rings. The Morgan fingerprint density at radius 3 is 2.65 bits per heavy atom. The molecule has 4 heteroatoms. The van der Waals surface area contributed by atoms with Crippen LogP contribution in [0.4, 0.5) is 0 Å². The van der Waals surface area contributed by atoms with Crippen molar-refractivity contribution < 1.29 is 9.53 Å². The van der Waals surface area contributed by atoms with Gasteiger partial charge in [-0.3, -0.25) is 4.79 Å². The summed E-state index contributed by atoms with van der Waals surface area (Å²) in [5, 5.41) is 3.72. The van der Waals surface area contributed by atoms with Crippen molar-refractivity contribution in [3.05, 3.63) is 65.2 Å². The Morgan fingerprint density at radius 2 is 1.90 bits per heavy atom. The minimum Gasteiger partial charge on any atom is -0.497 e. The van der Waals surface area contributed by atoms with Crippen LogP contribution in [-0.4, -0.2) is 13.0 Å². The first-order valence-corrected chi connectivity index (χ1v) is 7.41. The lowest BCUT2D eigenvalue weighted by molar-refractivity contribution is 0.0950. The smallest absolute Gasteiger partial charge is 0.251 e. The molecule has 0 aliphatic carbocycles. The number of carbonyl (C=O) groups is 1. The molecule has 104 valence electrons. The summed E-state index contributed by atoms with van der Waals surface area (Å²) in [6.45, 7) is 0.511. The van der Waals surface area contributed by atoms with Gasteiger partial charge in [0.05, 0.1) is 7.11 Å². The van der Waals surface area contributed by atoms with E-state index in [4.69, 9.17) is 4.74 Å². The highest BCUT2D eigenvalue weighted by atomic mass is 79.9. The van der Waals surface area contributed by atoms with Crippen LogP contribution >= 0.6 is 15.9 Å². The van der Waals surface area contributed by atoms with E-state index in [1.165, 1.54) is 5.56 Å². The number of amides is 1. The number of nitrogens with one attached hydrogen (secondary N) is 1. The van der Waals surface area contributed by atoms with Crippen molar-refractivity contribution >= 4 is 21.8 Å². The highest BCUT2D eigenvalue weighted by Crippen LogP contribution is 2.13. The summed E-state index contributed by atoms with van der Waals surface area (Å²) in [6.07, 6.45) is 0. The number of hydrogen-bond acceptors (Lipinski definition) is 2. The van der Waals surface area contributed by atoms with Gasteiger partial charge in [-0.05, 0) is 29.3 Å². The average Bonchev–Trinajstić information content (AvgIpc) is 2.52. The minimum atomic E-state index is -0.104. The van der Waals surface area contributed by atoms with Crippen molar-refractivity contribution in [2.45, 2.75) is 11.9 Å². The monoisotopic (exact) mass is 333 g/mol. The fraction of sp³-hybridized carbons (Fsp3) is 0.188. The molecule has 20 heavy (non-hydrogen) atoms. The van der Waals surface area contributed by atoms with Crippen LogP contribution < -0.4 is 10.1 Å². The van der Waals surface area contributed by atoms with Crippen molar-refractivity contribution in [2.75, 3.05) is 7.11 Å². The van der Waals surface area contributed by atoms with E-state index in [2.05, 4.69) is 27.3 Å². The summed E-state index contributed by atoms with van der Waals surface area (Å²) >= 11 is 3.42. The van der Waals surface area contributed by atoms with Crippen LogP contribution in [0.15, 0.2) is 48.5 Å². The van der Waals surface area contributed by atoms with Gasteiger partial charge in [-0.2, -0.15) is 0 Å². The molecule has 2 rings (SSSR count). The second kappa shape index (κ2) is 7.10. The highest BCUT2D eigenvalue weighted by molar-refractivity contribution is 9.08. The zero-order valence-corrected chi connectivity index (χ0v) is 12.8. The van der Waals surface area contributed by atoms with Gasteiger partial charge in [0.15, 0.2) is 0 Å². The molecular weight excluding hydrogens is 318 g/mol. The molecular formula is C16H16BrNO2. The molecule has 1 amide bonds. The maximum atomic E-state index is 12.1. The normalized spacial score (nSPS) is 10.1. The minimum absolute atomic E-state index is 0.104. The van der Waals surface area contributed by atoms with Crippen molar-refractivity contribution in [1.29, 1.82) is 0 Å². The average molecular weight is 334 g/mol. The van der Waals surface area contributed by atoms with Crippen molar-refractivity contribution in [2.24, 2.45) is 0 Å². The van der Waals surface area contributed by atoms with E-state index in [9.17, 15) is 4.79 Å². The third kappa shape index (κ3) is 3.84. The van der Waals surface area contributed by atoms with Gasteiger partial charge in [0.1, 0.15) is 5.75 Å². The van der Waals surface area contributed by atoms with Gasteiger partial charge in [0, 0.05) is 17.4 Å². The second-order valence-corrected chi connectivity index (χ2v) is 4.93. The molecule has 0 aliphatic heterocycles. The number of ether oxygens (including phenoxy) is 1. The number of halogens is 1. The Hall–Kier alpha value is -1.81. The molecule has 0 radical (unpaired) electrons. The van der Waals surface area contributed by atoms with Gasteiger partial charge in [0.2, 0.25) is 0 Å². The third-order valence-corrected chi connectivity index (χ3v) is 3.58. The standard InChI is InChI=1S/C16H16BrNO2/c1-20-15-7-3-6-14(9-15)16(19)18-11-13-5-2-4-12(8-13)10-17/h2-9H,10-11H2,1H3,(H,18,19). The molecule has 2 aromatic carbocycles. The van der Waals surface area contributed by atoms with Gasteiger partial charge in [0.25, 0.3) is 5.91 Å². The molecule has 1 N–H and O–H groups in total. The molecule has 0 saturated heterocycles. The SMILES string of the molecule is COc1cccc(C(=O)NCc2cccc(CBr)c2)c1. The van der Waals surface area contributed by atoms with E-state index < -0.39 is 0 Å². The molecule has 2 aromatic rings. The Kier molecular flexibility index (Phi) is 5.18. The summed E-state index contributed by atoms with van der Waals surface area (Å²) in [5.74, 6) is 0.576. The maximum Gasteiger partial charge on any atom is 0.251 e. The molecule has 0 spiro atoms. The van der Waals surface area contributed by atoms with E-state index in [0.717, 1.165) is 10.9 Å². The highest BCUT2D eigenvalue weighted by Gasteiger charge is 2.06. The second-order valence-electron chi connectivity index (χ2n) is 4.37. The van der Waals surface area contributed by atoms with Crippen molar-refractivity contribution in [1.82, 2.24) is 5.32 Å². The van der Waals surface area contributed by atoms with Gasteiger partial charge < -0.3 is 10.1 Å². The molecule has 0 unspecified atom stereocenters. The summed E-state index contributed by atoms with van der Waals surface area (Å²) in [6, 6.07) is 15.2. The summed E-state index contributed by atoms with van der Waals surface area (Å²) in [5.41, 5.74) is 2.87. The summed E-state index contributed by atoms with van der Waals surface area (Å²) in [7, 11) is 1.59. The third-order valence-electron chi connectivity index (χ3n) is 2.93. The number of methoxy groups -OCH3 is 1. The van der Waals surface area contributed by atoms with Gasteiger partial charge in [-0.1, -0.05) is 46.3 Å². The predicted molar refractivity (Wildman–Crippen MR) is 83.2 cm³/mol. The molecule has 0 heterocycles. The van der Waals surface area contributed by atoms with Gasteiger partial charge >= 0.3 is 0 Å². The Balaban J connectivity index is 2.00. The van der Waals surface area contributed by atoms with E-state index in [1.54, 1.807) is 25.3 Å². The van der Waals surface area contributed by atoms with Crippen LogP contribution in [0.2, 0.25) is 0 Å². The number of benzene rings is 2. The molecule has 0 bridgehead atoms. The summed E-state index contributed by atoms with van der Waals surface area (Å²) in [4.78, 5) is 12.1. The Labute approximate surface area is 127 Å². The lowest BCUT2D eigenvalue weighted by atomic mass is 10.1. The molecule has 0 saturated carbocycles. The molecule has 0 aromatic heterocycles. The van der Waals surface area contributed by atoms with Crippen molar-refractivity contribution in [3.63, 3.8) is 0 Å². The molecule has 3 nitrogen and oxygen atoms in total. The largest absolute Gasteiger partial charge is 0.497 e. The van der Waals surface area contributed by atoms with Crippen LogP contribution in [0.3, 0.4) is 0 Å². The number of rotatable bonds is 5. The lowest BCUT2D eigenvalue weighted by Gasteiger charge is -2.07. The van der Waals surface area contributed by atoms with Crippen LogP contribution in [0.25, 0.3) is 0 Å². The van der Waals surface area contributed by atoms with Crippen LogP contribution in [0.5, 0.6) is 5.75 Å². The van der Waals surface area contributed by atoms with Gasteiger partial charge in [-0.25, -0.2) is 0 Å². The quantitative estimate of drug-likeness (QED) is 0.850. The first-order chi connectivity index (χ1) is 9.72. The van der Waals surface area contributed by atoms with E-state index in [-0.39, 0.29) is 5.91 Å². The molecule has 0 aliphatic rings. The topological polar surface area (TPSA) is 38.3 Å². The first kappa shape index (κ1) is 14.6. The number of alkyl halides is 1. The van der Waals surface area contributed by atoms with Crippen LogP contribution in [0.1, 0.15) is 21.5 Å². The van der Waals surface area contributed by atoms with Gasteiger partial charge in [-0.15, -0.1) is 0 Å². The predicted octanol–water partition coefficient (Wildman–Crippen LogP) is 3.52. The van der Waals surface area contributed by atoms with E-state index >= 15 is 0 Å². The number of hydrogen-bond donors (Lipinski definition) is 1. The van der Waals surface area contributed by atoms with E-state index in [0.29, 0.717) is 17.9 Å². The maximum absolute atomic E-state index is 12.1. The fourth-order valence-electron chi connectivity index (χ4n) is 1.87. The fourth-order valence-corrected chi connectivity index (χ4v) is 2.22. The molecule has 0 atom stereocenters. The zero-order chi connectivity index (χ0) is 14.4. The van der Waals surface area contributed by atoms with E-state index in [1.807, 2.05) is 24.3 Å². The van der Waals surface area contributed by atoms with Crippen LogP contribution in [0, 0.1) is 0 Å². The van der Waals surface area contributed by atoms with Crippen molar-refractivity contribution in [3.8, 4) is 5.75 Å².